The Morgan fingerprint density at radius 2 is 1.96 bits per heavy atom. The van der Waals surface area contributed by atoms with E-state index >= 15 is 0 Å². The summed E-state index contributed by atoms with van der Waals surface area (Å²) in [5.41, 5.74) is 2.24. The van der Waals surface area contributed by atoms with Crippen LogP contribution >= 0.6 is 0 Å². The summed E-state index contributed by atoms with van der Waals surface area (Å²) in [5, 5.41) is 8.82. The number of nitrogens with zero attached hydrogens (tertiary/aromatic N) is 1. The highest BCUT2D eigenvalue weighted by molar-refractivity contribution is 6.01. The molecule has 8 nitrogen and oxygen atoms in total. The molecule has 134 valence electrons. The van der Waals surface area contributed by atoms with E-state index in [0.29, 0.717) is 29.5 Å². The molecule has 2 aromatic rings. The Labute approximate surface area is 148 Å². The zero-order chi connectivity index (χ0) is 18.1. The first kappa shape index (κ1) is 16.2. The van der Waals surface area contributed by atoms with Crippen molar-refractivity contribution in [1.29, 1.82) is 0 Å². The smallest absolute Gasteiger partial charge is 0.274 e. The molecule has 0 bridgehead atoms. The molecule has 2 aliphatic rings. The van der Waals surface area contributed by atoms with Gasteiger partial charge in [0.05, 0.1) is 12.2 Å². The molecular weight excluding hydrogens is 340 g/mol. The molecule has 26 heavy (non-hydrogen) atoms. The van der Waals surface area contributed by atoms with Crippen LogP contribution in [0.1, 0.15) is 10.4 Å². The maximum Gasteiger partial charge on any atom is 0.274 e. The Balaban J connectivity index is 1.59. The molecule has 0 saturated carbocycles. The summed E-state index contributed by atoms with van der Waals surface area (Å²) in [6, 6.07) is 11.9. The highest BCUT2D eigenvalue weighted by Gasteiger charge is 2.31. The first-order valence-electron chi connectivity index (χ1n) is 8.06. The fourth-order valence-electron chi connectivity index (χ4n) is 2.96. The Bertz CT molecular complexity index is 869. The minimum Gasteiger partial charge on any atom is -0.486 e. The molecule has 0 spiro atoms. The third-order valence-corrected chi connectivity index (χ3v) is 4.22. The molecule has 2 N–H and O–H groups in total. The molecule has 0 unspecified atom stereocenters. The van der Waals surface area contributed by atoms with Crippen LogP contribution < -0.4 is 24.6 Å². The number of nitrogens with one attached hydrogen (secondary N) is 1. The lowest BCUT2D eigenvalue weighted by Gasteiger charge is -2.34. The summed E-state index contributed by atoms with van der Waals surface area (Å²) >= 11 is 0. The second kappa shape index (κ2) is 6.57. The van der Waals surface area contributed by atoms with Gasteiger partial charge in [0.2, 0.25) is 0 Å². The molecule has 0 aromatic heterocycles. The van der Waals surface area contributed by atoms with Gasteiger partial charge in [0.25, 0.3) is 11.8 Å². The summed E-state index contributed by atoms with van der Waals surface area (Å²) in [7, 11) is 0. The number of hydrogen-bond donors (Lipinski definition) is 2. The molecule has 0 aliphatic carbocycles. The van der Waals surface area contributed by atoms with Gasteiger partial charge >= 0.3 is 0 Å². The number of hydroxylamine groups is 1. The van der Waals surface area contributed by atoms with Crippen molar-refractivity contribution < 1.29 is 29.0 Å². The number of amides is 2. The van der Waals surface area contributed by atoms with Crippen LogP contribution in [0.2, 0.25) is 0 Å². The first-order valence-corrected chi connectivity index (χ1v) is 8.06. The van der Waals surface area contributed by atoms with Crippen LogP contribution in [-0.4, -0.2) is 42.9 Å². The monoisotopic (exact) mass is 356 g/mol. The van der Waals surface area contributed by atoms with Gasteiger partial charge in [0.1, 0.15) is 12.4 Å². The third-order valence-electron chi connectivity index (χ3n) is 4.22. The van der Waals surface area contributed by atoms with Crippen molar-refractivity contribution >= 4 is 17.5 Å². The lowest BCUT2D eigenvalue weighted by molar-refractivity contribution is -0.121. The van der Waals surface area contributed by atoms with Crippen LogP contribution in [0.4, 0.5) is 5.69 Å². The summed E-state index contributed by atoms with van der Waals surface area (Å²) in [5.74, 6) is 0.854. The van der Waals surface area contributed by atoms with Crippen LogP contribution in [0.15, 0.2) is 42.5 Å². The SMILES string of the molecule is O=C(NO)c1ccc2c(c1)N(C[C@@H]1COc3ccccc3O1)C(=O)CO2. The number of anilines is 1. The fourth-order valence-corrected chi connectivity index (χ4v) is 2.96. The number of carbonyl (C=O) groups excluding carboxylic acids is 2. The second-order valence-electron chi connectivity index (χ2n) is 5.91. The molecule has 2 amide bonds. The number of para-hydroxylation sites is 2. The number of ether oxygens (including phenoxy) is 3. The molecule has 0 radical (unpaired) electrons. The van der Waals surface area contributed by atoms with Crippen molar-refractivity contribution in [2.24, 2.45) is 0 Å². The maximum atomic E-state index is 12.4. The molecule has 2 aromatic carbocycles. The minimum atomic E-state index is -0.669. The Morgan fingerprint density at radius 3 is 2.77 bits per heavy atom. The van der Waals surface area contributed by atoms with Gasteiger partial charge in [-0.25, -0.2) is 5.48 Å². The first-order chi connectivity index (χ1) is 12.7. The molecule has 0 fully saturated rings. The van der Waals surface area contributed by atoms with Crippen molar-refractivity contribution in [2.75, 3.05) is 24.7 Å². The summed E-state index contributed by atoms with van der Waals surface area (Å²) in [4.78, 5) is 25.6. The van der Waals surface area contributed by atoms with E-state index in [1.807, 2.05) is 18.2 Å². The van der Waals surface area contributed by atoms with E-state index in [0.717, 1.165) is 0 Å². The zero-order valence-electron chi connectivity index (χ0n) is 13.7. The largest absolute Gasteiger partial charge is 0.486 e. The molecule has 4 rings (SSSR count). The summed E-state index contributed by atoms with van der Waals surface area (Å²) in [6.45, 7) is 0.449. The number of hydrogen-bond acceptors (Lipinski definition) is 6. The molecule has 1 atom stereocenters. The van der Waals surface area contributed by atoms with Crippen LogP contribution in [0.5, 0.6) is 17.2 Å². The Morgan fingerprint density at radius 1 is 1.15 bits per heavy atom. The Hall–Kier alpha value is -3.26. The number of rotatable bonds is 3. The van der Waals surface area contributed by atoms with Crippen LogP contribution in [0.3, 0.4) is 0 Å². The van der Waals surface area contributed by atoms with Gasteiger partial charge in [-0.15, -0.1) is 0 Å². The van der Waals surface area contributed by atoms with Gasteiger partial charge in [0, 0.05) is 5.56 Å². The highest BCUT2D eigenvalue weighted by atomic mass is 16.6. The normalized spacial score (nSPS) is 18.0. The van der Waals surface area contributed by atoms with Gasteiger partial charge in [0.15, 0.2) is 24.2 Å². The number of carbonyl (C=O) groups is 2. The van der Waals surface area contributed by atoms with Crippen molar-refractivity contribution in [3.8, 4) is 17.2 Å². The second-order valence-corrected chi connectivity index (χ2v) is 5.91. The van der Waals surface area contributed by atoms with Crippen LogP contribution in [-0.2, 0) is 4.79 Å². The van der Waals surface area contributed by atoms with E-state index < -0.39 is 5.91 Å². The summed E-state index contributed by atoms with van der Waals surface area (Å²) in [6.07, 6.45) is -0.366. The zero-order valence-corrected chi connectivity index (χ0v) is 13.7. The quantitative estimate of drug-likeness (QED) is 0.637. The topological polar surface area (TPSA) is 97.3 Å². The van der Waals surface area contributed by atoms with Crippen molar-refractivity contribution in [1.82, 2.24) is 5.48 Å². The lowest BCUT2D eigenvalue weighted by Crippen LogP contribution is -2.47. The Kier molecular flexibility index (Phi) is 4.10. The molecular formula is C18H16N2O6. The van der Waals surface area contributed by atoms with E-state index in [1.54, 1.807) is 17.6 Å². The predicted molar refractivity (Wildman–Crippen MR) is 89.9 cm³/mol. The predicted octanol–water partition coefficient (Wildman–Crippen LogP) is 1.37. The van der Waals surface area contributed by atoms with Crippen molar-refractivity contribution in [3.63, 3.8) is 0 Å². The fraction of sp³-hybridized carbons (Fsp3) is 0.222. The van der Waals surface area contributed by atoms with Crippen LogP contribution in [0.25, 0.3) is 0 Å². The van der Waals surface area contributed by atoms with E-state index in [-0.39, 0.29) is 30.7 Å². The minimum absolute atomic E-state index is 0.0945. The van der Waals surface area contributed by atoms with Gasteiger partial charge < -0.3 is 19.1 Å². The molecule has 2 aliphatic heterocycles. The van der Waals surface area contributed by atoms with Gasteiger partial charge in [-0.2, -0.15) is 0 Å². The van der Waals surface area contributed by atoms with E-state index in [4.69, 9.17) is 19.4 Å². The third kappa shape index (κ3) is 2.91. The highest BCUT2D eigenvalue weighted by Crippen LogP contribution is 2.35. The number of benzene rings is 2. The van der Waals surface area contributed by atoms with Gasteiger partial charge in [-0.1, -0.05) is 12.1 Å². The average molecular weight is 356 g/mol. The maximum absolute atomic E-state index is 12.4. The average Bonchev–Trinajstić information content (AvgIpc) is 2.69. The molecule has 2 heterocycles. The molecule has 8 heteroatoms. The summed E-state index contributed by atoms with van der Waals surface area (Å²) < 4.78 is 17.0. The molecule has 0 saturated heterocycles. The number of fused-ring (bicyclic) bond motifs is 2. The lowest BCUT2D eigenvalue weighted by atomic mass is 10.1. The van der Waals surface area contributed by atoms with Crippen molar-refractivity contribution in [3.05, 3.63) is 48.0 Å². The van der Waals surface area contributed by atoms with Crippen LogP contribution in [0, 0.1) is 0 Å². The van der Waals surface area contributed by atoms with Gasteiger partial charge in [-0.3, -0.25) is 14.8 Å². The van der Waals surface area contributed by atoms with E-state index in [9.17, 15) is 9.59 Å². The van der Waals surface area contributed by atoms with E-state index in [2.05, 4.69) is 0 Å². The van der Waals surface area contributed by atoms with Crippen molar-refractivity contribution in [2.45, 2.75) is 6.10 Å². The van der Waals surface area contributed by atoms with Gasteiger partial charge in [-0.05, 0) is 30.3 Å². The van der Waals surface area contributed by atoms with E-state index in [1.165, 1.54) is 17.0 Å². The standard InChI is InChI=1S/C18H16N2O6/c21-17-10-25-14-6-5-11(18(22)19-23)7-13(14)20(17)8-12-9-24-15-3-1-2-4-16(15)26-12/h1-7,12,23H,8-10H2,(H,19,22)/t12-/m1/s1.